The van der Waals surface area contributed by atoms with Gasteiger partial charge < -0.3 is 15.7 Å². The molecule has 0 aliphatic carbocycles. The molecule has 0 saturated carbocycles. The van der Waals surface area contributed by atoms with Gasteiger partial charge in [-0.15, -0.1) is 0 Å². The first kappa shape index (κ1) is 15.0. The normalized spacial score (nSPS) is 13.4. The van der Waals surface area contributed by atoms with E-state index < -0.39 is 12.0 Å². The van der Waals surface area contributed by atoms with Gasteiger partial charge in [-0.25, -0.2) is 4.79 Å². The molecular weight excluding hydrogens is 244 g/mol. The maximum absolute atomic E-state index is 11.7. The lowest BCUT2D eigenvalue weighted by Gasteiger charge is -2.17. The Balaban J connectivity index is 2.47. The number of nitrogens with one attached hydrogen (secondary N) is 2. The molecule has 19 heavy (non-hydrogen) atoms. The quantitative estimate of drug-likeness (QED) is 0.763. The summed E-state index contributed by atoms with van der Waals surface area (Å²) in [6.45, 7) is 5.54. The predicted octanol–water partition coefficient (Wildman–Crippen LogP) is 2.22. The van der Waals surface area contributed by atoms with Gasteiger partial charge in [-0.2, -0.15) is 0 Å². The van der Waals surface area contributed by atoms with Gasteiger partial charge in [-0.05, 0) is 26.3 Å². The summed E-state index contributed by atoms with van der Waals surface area (Å²) in [7, 11) is 0. The van der Waals surface area contributed by atoms with Crippen molar-refractivity contribution in [1.82, 2.24) is 10.6 Å². The van der Waals surface area contributed by atoms with Crippen LogP contribution in [0.4, 0.5) is 4.79 Å². The Morgan fingerprint density at radius 1 is 1.16 bits per heavy atom. The van der Waals surface area contributed by atoms with Crippen LogP contribution in [-0.4, -0.2) is 23.1 Å². The molecule has 1 rings (SSSR count). The Hall–Kier alpha value is -2.04. The number of benzene rings is 1. The standard InChI is InChI=1S/C14H20N2O3/c1-9-4-6-12(7-5-9)11(3)16-14(19)15-10(2)8-13(17)18/h4-7,10-11H,8H2,1-3H3,(H,17,18)(H2,15,16,19). The molecule has 2 amide bonds. The van der Waals surface area contributed by atoms with Crippen LogP contribution in [0.25, 0.3) is 0 Å². The lowest BCUT2D eigenvalue weighted by molar-refractivity contribution is -0.137. The Morgan fingerprint density at radius 3 is 2.26 bits per heavy atom. The lowest BCUT2D eigenvalue weighted by Crippen LogP contribution is -2.42. The summed E-state index contributed by atoms with van der Waals surface area (Å²) in [5.74, 6) is -0.931. The van der Waals surface area contributed by atoms with Crippen molar-refractivity contribution in [3.8, 4) is 0 Å². The third-order valence-electron chi connectivity index (χ3n) is 2.78. The second kappa shape index (κ2) is 6.78. The Kier molecular flexibility index (Phi) is 5.36. The van der Waals surface area contributed by atoms with E-state index in [1.54, 1.807) is 6.92 Å². The third-order valence-corrected chi connectivity index (χ3v) is 2.78. The molecule has 5 heteroatoms. The summed E-state index contributed by atoms with van der Waals surface area (Å²) in [5.41, 5.74) is 2.17. The maximum atomic E-state index is 11.7. The highest BCUT2D eigenvalue weighted by atomic mass is 16.4. The van der Waals surface area contributed by atoms with Crippen LogP contribution in [-0.2, 0) is 4.79 Å². The molecule has 0 aromatic heterocycles. The Labute approximate surface area is 113 Å². The second-order valence-corrected chi connectivity index (χ2v) is 4.75. The van der Waals surface area contributed by atoms with Crippen molar-refractivity contribution in [2.24, 2.45) is 0 Å². The number of carboxylic acid groups (broad SMARTS) is 1. The number of aryl methyl sites for hydroxylation is 1. The van der Waals surface area contributed by atoms with E-state index in [1.165, 1.54) is 0 Å². The highest BCUT2D eigenvalue weighted by molar-refractivity contribution is 5.76. The fourth-order valence-electron chi connectivity index (χ4n) is 1.71. The van der Waals surface area contributed by atoms with Crippen LogP contribution in [0.2, 0.25) is 0 Å². The summed E-state index contributed by atoms with van der Waals surface area (Å²) >= 11 is 0. The van der Waals surface area contributed by atoms with Crippen molar-refractivity contribution in [1.29, 1.82) is 0 Å². The topological polar surface area (TPSA) is 78.4 Å². The molecule has 0 radical (unpaired) electrons. The van der Waals surface area contributed by atoms with Gasteiger partial charge in [-0.3, -0.25) is 4.79 Å². The number of carbonyl (C=O) groups excluding carboxylic acids is 1. The Morgan fingerprint density at radius 2 is 1.74 bits per heavy atom. The van der Waals surface area contributed by atoms with Crippen molar-refractivity contribution in [2.75, 3.05) is 0 Å². The monoisotopic (exact) mass is 264 g/mol. The second-order valence-electron chi connectivity index (χ2n) is 4.75. The van der Waals surface area contributed by atoms with Crippen LogP contribution in [0, 0.1) is 6.92 Å². The minimum absolute atomic E-state index is 0.0909. The zero-order chi connectivity index (χ0) is 14.4. The molecular formula is C14H20N2O3. The summed E-state index contributed by atoms with van der Waals surface area (Å²) in [6, 6.07) is 7.00. The van der Waals surface area contributed by atoms with Gasteiger partial charge in [0.25, 0.3) is 0 Å². The van der Waals surface area contributed by atoms with Gasteiger partial charge in [0, 0.05) is 6.04 Å². The molecule has 0 aliphatic heterocycles. The number of aliphatic carboxylic acids is 1. The smallest absolute Gasteiger partial charge is 0.315 e. The minimum Gasteiger partial charge on any atom is -0.481 e. The van der Waals surface area contributed by atoms with Crippen molar-refractivity contribution < 1.29 is 14.7 Å². The van der Waals surface area contributed by atoms with Gasteiger partial charge in [0.1, 0.15) is 0 Å². The highest BCUT2D eigenvalue weighted by Gasteiger charge is 2.13. The molecule has 5 nitrogen and oxygen atoms in total. The summed E-state index contributed by atoms with van der Waals surface area (Å²) in [5, 5.41) is 14.0. The van der Waals surface area contributed by atoms with E-state index in [0.717, 1.165) is 11.1 Å². The van der Waals surface area contributed by atoms with Crippen molar-refractivity contribution in [2.45, 2.75) is 39.3 Å². The van der Waals surface area contributed by atoms with Gasteiger partial charge in [-0.1, -0.05) is 29.8 Å². The highest BCUT2D eigenvalue weighted by Crippen LogP contribution is 2.12. The maximum Gasteiger partial charge on any atom is 0.315 e. The first-order valence-electron chi connectivity index (χ1n) is 6.24. The van der Waals surface area contributed by atoms with Gasteiger partial charge in [0.05, 0.1) is 12.5 Å². The van der Waals surface area contributed by atoms with Crippen LogP contribution < -0.4 is 10.6 Å². The fraction of sp³-hybridized carbons (Fsp3) is 0.429. The van der Waals surface area contributed by atoms with Crippen molar-refractivity contribution in [3.05, 3.63) is 35.4 Å². The van der Waals surface area contributed by atoms with Crippen LogP contribution in [0.15, 0.2) is 24.3 Å². The Bertz CT molecular complexity index is 443. The largest absolute Gasteiger partial charge is 0.481 e. The van der Waals surface area contributed by atoms with E-state index in [1.807, 2.05) is 38.1 Å². The van der Waals surface area contributed by atoms with Gasteiger partial charge >= 0.3 is 12.0 Å². The number of carboxylic acids is 1. The first-order chi connectivity index (χ1) is 8.88. The zero-order valence-electron chi connectivity index (χ0n) is 11.4. The van der Waals surface area contributed by atoms with Crippen molar-refractivity contribution >= 4 is 12.0 Å². The number of carbonyl (C=O) groups is 2. The van der Waals surface area contributed by atoms with E-state index in [4.69, 9.17) is 5.11 Å². The summed E-state index contributed by atoms with van der Waals surface area (Å²) in [6.07, 6.45) is -0.0909. The average Bonchev–Trinajstić information content (AvgIpc) is 2.27. The number of hydrogen-bond donors (Lipinski definition) is 3. The molecule has 2 unspecified atom stereocenters. The van der Waals surface area contributed by atoms with E-state index >= 15 is 0 Å². The van der Waals surface area contributed by atoms with Gasteiger partial charge in [0.2, 0.25) is 0 Å². The molecule has 0 bridgehead atoms. The van der Waals surface area contributed by atoms with Crippen LogP contribution in [0.3, 0.4) is 0 Å². The fourth-order valence-corrected chi connectivity index (χ4v) is 1.71. The molecule has 0 fully saturated rings. The SMILES string of the molecule is Cc1ccc(C(C)NC(=O)NC(C)CC(=O)O)cc1. The molecule has 0 saturated heterocycles. The molecule has 3 N–H and O–H groups in total. The van der Waals surface area contributed by atoms with Crippen LogP contribution in [0.5, 0.6) is 0 Å². The average molecular weight is 264 g/mol. The minimum atomic E-state index is -0.931. The zero-order valence-corrected chi connectivity index (χ0v) is 11.4. The number of hydrogen-bond acceptors (Lipinski definition) is 2. The van der Waals surface area contributed by atoms with E-state index in [2.05, 4.69) is 10.6 Å². The number of rotatable bonds is 5. The van der Waals surface area contributed by atoms with E-state index in [0.29, 0.717) is 0 Å². The first-order valence-corrected chi connectivity index (χ1v) is 6.24. The van der Waals surface area contributed by atoms with Crippen LogP contribution in [0.1, 0.15) is 37.4 Å². The van der Waals surface area contributed by atoms with Gasteiger partial charge in [0.15, 0.2) is 0 Å². The lowest BCUT2D eigenvalue weighted by atomic mass is 10.1. The molecule has 1 aromatic carbocycles. The van der Waals surface area contributed by atoms with E-state index in [-0.39, 0.29) is 18.5 Å². The molecule has 2 atom stereocenters. The molecule has 0 aliphatic rings. The molecule has 104 valence electrons. The van der Waals surface area contributed by atoms with E-state index in [9.17, 15) is 9.59 Å². The number of amides is 2. The molecule has 0 heterocycles. The third kappa shape index (κ3) is 5.42. The molecule has 0 spiro atoms. The predicted molar refractivity (Wildman–Crippen MR) is 73.0 cm³/mol. The summed E-state index contributed by atoms with van der Waals surface area (Å²) < 4.78 is 0. The van der Waals surface area contributed by atoms with Crippen molar-refractivity contribution in [3.63, 3.8) is 0 Å². The molecule has 1 aromatic rings. The van der Waals surface area contributed by atoms with Crippen LogP contribution >= 0.6 is 0 Å². The summed E-state index contributed by atoms with van der Waals surface area (Å²) in [4.78, 5) is 22.2. The number of urea groups is 1.